The smallest absolute Gasteiger partial charge is 0.193 e. The second kappa shape index (κ2) is 9.96. The highest BCUT2D eigenvalue weighted by Crippen LogP contribution is 2.28. The third-order valence-electron chi connectivity index (χ3n) is 4.17. The van der Waals surface area contributed by atoms with Crippen LogP contribution in [0.25, 0.3) is 0 Å². The van der Waals surface area contributed by atoms with Gasteiger partial charge in [-0.05, 0) is 42.5 Å². The summed E-state index contributed by atoms with van der Waals surface area (Å²) < 4.78 is 25.4. The lowest BCUT2D eigenvalue weighted by Gasteiger charge is -2.19. The maximum Gasteiger partial charge on any atom is 0.193 e. The van der Waals surface area contributed by atoms with Gasteiger partial charge in [0, 0.05) is 11.5 Å². The fourth-order valence-electron chi connectivity index (χ4n) is 2.66. The van der Waals surface area contributed by atoms with Crippen LogP contribution in [0.2, 0.25) is 5.02 Å². The minimum absolute atomic E-state index is 0.00128. The first-order valence-corrected chi connectivity index (χ1v) is 9.83. The maximum atomic E-state index is 13.4. The zero-order valence-corrected chi connectivity index (χ0v) is 17.4. The second-order valence-corrected chi connectivity index (χ2v) is 7.26. The van der Waals surface area contributed by atoms with Crippen LogP contribution in [0, 0.1) is 24.1 Å². The van der Waals surface area contributed by atoms with E-state index in [0.29, 0.717) is 17.3 Å². The molecule has 0 bridgehead atoms. The van der Waals surface area contributed by atoms with Crippen LogP contribution >= 0.6 is 11.6 Å². The van der Waals surface area contributed by atoms with Gasteiger partial charge in [-0.15, -0.1) is 6.42 Å². The molecule has 0 amide bonds. The van der Waals surface area contributed by atoms with Crippen LogP contribution in [0.4, 0.5) is 10.1 Å². The molecule has 0 fully saturated rings. The average Bonchev–Trinajstić information content (AvgIpc) is 2.74. The molecule has 3 nitrogen and oxygen atoms in total. The molecule has 3 rings (SSSR count). The topological polar surface area (TPSA) is 30.8 Å². The standard InChI is InChI=1S/C25H21ClFNO2/c1-4-24(18-9-8-12-21(15-18)29-20-10-6-5-7-11-20)30-25(17(2)3)28-19-13-14-23(27)22(26)16-19/h1,5-17,24H,2-3H3/b28-25-. The summed E-state index contributed by atoms with van der Waals surface area (Å²) in [4.78, 5) is 4.48. The Morgan fingerprint density at radius 1 is 1.00 bits per heavy atom. The monoisotopic (exact) mass is 421 g/mol. The molecule has 1 atom stereocenters. The van der Waals surface area contributed by atoms with E-state index >= 15 is 0 Å². The molecule has 0 aliphatic rings. The SMILES string of the molecule is C#CC(O/C(=N\c1ccc(F)c(Cl)c1)C(C)C)c1cccc(Oc2ccccc2)c1. The molecule has 1 unspecified atom stereocenters. The number of halogens is 2. The van der Waals surface area contributed by atoms with Crippen molar-refractivity contribution in [3.63, 3.8) is 0 Å². The summed E-state index contributed by atoms with van der Waals surface area (Å²) in [7, 11) is 0. The van der Waals surface area contributed by atoms with Crippen LogP contribution in [0.15, 0.2) is 77.8 Å². The van der Waals surface area contributed by atoms with Crippen molar-refractivity contribution in [3.8, 4) is 23.8 Å². The first-order valence-electron chi connectivity index (χ1n) is 9.45. The molecule has 0 saturated carbocycles. The Morgan fingerprint density at radius 3 is 2.40 bits per heavy atom. The normalized spacial score (nSPS) is 12.3. The van der Waals surface area contributed by atoms with E-state index in [1.165, 1.54) is 18.2 Å². The van der Waals surface area contributed by atoms with Gasteiger partial charge in [0.15, 0.2) is 12.0 Å². The van der Waals surface area contributed by atoms with Gasteiger partial charge in [0.2, 0.25) is 0 Å². The number of hydrogen-bond acceptors (Lipinski definition) is 3. The van der Waals surface area contributed by atoms with Crippen molar-refractivity contribution in [2.24, 2.45) is 10.9 Å². The molecule has 0 aliphatic carbocycles. The van der Waals surface area contributed by atoms with E-state index in [-0.39, 0.29) is 10.9 Å². The lowest BCUT2D eigenvalue weighted by atomic mass is 10.1. The number of rotatable bonds is 6. The zero-order valence-electron chi connectivity index (χ0n) is 16.7. The molecular formula is C25H21ClFNO2. The highest BCUT2D eigenvalue weighted by Gasteiger charge is 2.17. The fourth-order valence-corrected chi connectivity index (χ4v) is 2.83. The van der Waals surface area contributed by atoms with Crippen LogP contribution in [-0.4, -0.2) is 5.90 Å². The van der Waals surface area contributed by atoms with E-state index in [9.17, 15) is 4.39 Å². The van der Waals surface area contributed by atoms with Crippen LogP contribution in [-0.2, 0) is 4.74 Å². The summed E-state index contributed by atoms with van der Waals surface area (Å²) >= 11 is 5.86. The van der Waals surface area contributed by atoms with E-state index in [1.54, 1.807) is 0 Å². The van der Waals surface area contributed by atoms with Gasteiger partial charge in [-0.3, -0.25) is 0 Å². The first kappa shape index (κ1) is 21.4. The second-order valence-electron chi connectivity index (χ2n) is 6.86. The first-order chi connectivity index (χ1) is 14.5. The summed E-state index contributed by atoms with van der Waals surface area (Å²) in [5.74, 6) is 3.91. The number of hydrogen-bond donors (Lipinski definition) is 0. The van der Waals surface area contributed by atoms with Gasteiger partial charge in [0.05, 0.1) is 10.7 Å². The average molecular weight is 422 g/mol. The maximum absolute atomic E-state index is 13.4. The lowest BCUT2D eigenvalue weighted by molar-refractivity contribution is 0.234. The Hall–Kier alpha value is -3.29. The van der Waals surface area contributed by atoms with Gasteiger partial charge in [0.1, 0.15) is 17.3 Å². The predicted octanol–water partition coefficient (Wildman–Crippen LogP) is 7.35. The molecule has 0 radical (unpaired) electrons. The van der Waals surface area contributed by atoms with Crippen LogP contribution in [0.3, 0.4) is 0 Å². The molecular weight excluding hydrogens is 401 g/mol. The van der Waals surface area contributed by atoms with E-state index in [1.807, 2.05) is 68.4 Å². The Bertz CT molecular complexity index is 1070. The van der Waals surface area contributed by atoms with Gasteiger partial charge in [0.25, 0.3) is 0 Å². The minimum atomic E-state index is -0.665. The summed E-state index contributed by atoms with van der Waals surface area (Å²) in [6.45, 7) is 3.87. The van der Waals surface area contributed by atoms with Gasteiger partial charge < -0.3 is 9.47 Å². The molecule has 0 aromatic heterocycles. The van der Waals surface area contributed by atoms with Crippen molar-refractivity contribution in [1.82, 2.24) is 0 Å². The molecule has 0 spiro atoms. The summed E-state index contributed by atoms with van der Waals surface area (Å²) in [6, 6.07) is 21.1. The van der Waals surface area contributed by atoms with Crippen molar-refractivity contribution in [3.05, 3.63) is 89.2 Å². The number of aliphatic imine (C=N–C) groups is 1. The molecule has 0 saturated heterocycles. The van der Waals surface area contributed by atoms with Crippen LogP contribution in [0.1, 0.15) is 25.5 Å². The molecule has 3 aromatic rings. The van der Waals surface area contributed by atoms with Crippen LogP contribution < -0.4 is 4.74 Å². The summed E-state index contributed by atoms with van der Waals surface area (Å²) in [5.41, 5.74) is 1.25. The van der Waals surface area contributed by atoms with E-state index < -0.39 is 11.9 Å². The van der Waals surface area contributed by atoms with Gasteiger partial charge in [-0.1, -0.05) is 61.7 Å². The van der Waals surface area contributed by atoms with Gasteiger partial charge in [-0.2, -0.15) is 0 Å². The van der Waals surface area contributed by atoms with E-state index in [0.717, 1.165) is 11.3 Å². The summed E-state index contributed by atoms with van der Waals surface area (Å²) in [6.07, 6.45) is 5.09. The minimum Gasteiger partial charge on any atom is -0.459 e. The molecule has 3 aromatic carbocycles. The highest BCUT2D eigenvalue weighted by atomic mass is 35.5. The van der Waals surface area contributed by atoms with Gasteiger partial charge in [-0.25, -0.2) is 9.38 Å². The van der Waals surface area contributed by atoms with Crippen molar-refractivity contribution >= 4 is 23.2 Å². The number of benzene rings is 3. The van der Waals surface area contributed by atoms with Gasteiger partial charge >= 0.3 is 0 Å². The molecule has 30 heavy (non-hydrogen) atoms. The third kappa shape index (κ3) is 5.62. The van der Waals surface area contributed by atoms with Crippen LogP contribution in [0.5, 0.6) is 11.5 Å². The Kier molecular flexibility index (Phi) is 7.11. The quantitative estimate of drug-likeness (QED) is 0.236. The largest absolute Gasteiger partial charge is 0.459 e. The Morgan fingerprint density at radius 2 is 1.73 bits per heavy atom. The molecule has 0 aliphatic heterocycles. The summed E-state index contributed by atoms with van der Waals surface area (Å²) in [5, 5.41) is -0.00128. The molecule has 0 N–H and O–H groups in total. The fraction of sp³-hybridized carbons (Fsp3) is 0.160. The third-order valence-corrected chi connectivity index (χ3v) is 4.46. The van der Waals surface area contributed by atoms with Crippen molar-refractivity contribution in [2.45, 2.75) is 20.0 Å². The number of nitrogens with zero attached hydrogens (tertiary/aromatic N) is 1. The molecule has 0 heterocycles. The molecule has 152 valence electrons. The van der Waals surface area contributed by atoms with Crippen molar-refractivity contribution in [1.29, 1.82) is 0 Å². The van der Waals surface area contributed by atoms with E-state index in [4.69, 9.17) is 27.5 Å². The lowest BCUT2D eigenvalue weighted by Crippen LogP contribution is -2.15. The molecule has 5 heteroatoms. The number of ether oxygens (including phenoxy) is 2. The number of terminal acetylenes is 1. The highest BCUT2D eigenvalue weighted by molar-refractivity contribution is 6.31. The zero-order chi connectivity index (χ0) is 21.5. The Balaban J connectivity index is 1.83. The van der Waals surface area contributed by atoms with Crippen molar-refractivity contribution < 1.29 is 13.9 Å². The number of para-hydroxylation sites is 1. The van der Waals surface area contributed by atoms with E-state index in [2.05, 4.69) is 10.9 Å². The predicted molar refractivity (Wildman–Crippen MR) is 119 cm³/mol. The van der Waals surface area contributed by atoms with Crippen molar-refractivity contribution in [2.75, 3.05) is 0 Å². The Labute approximate surface area is 181 Å².